The van der Waals surface area contributed by atoms with Crippen LogP contribution < -0.4 is 10.6 Å². The summed E-state index contributed by atoms with van der Waals surface area (Å²) in [5.41, 5.74) is 1.34. The fourth-order valence-electron chi connectivity index (χ4n) is 2.69. The summed E-state index contributed by atoms with van der Waals surface area (Å²) in [6.07, 6.45) is 1.01. The van der Waals surface area contributed by atoms with E-state index in [1.165, 1.54) is 6.92 Å². The van der Waals surface area contributed by atoms with Crippen LogP contribution in [0, 0.1) is 0 Å². The Kier molecular flexibility index (Phi) is 7.02. The molecule has 7 nitrogen and oxygen atoms in total. The monoisotopic (exact) mass is 334 g/mol. The maximum atomic E-state index is 12.4. The van der Waals surface area contributed by atoms with Crippen LogP contribution in [0.2, 0.25) is 0 Å². The first-order valence-corrected chi connectivity index (χ1v) is 8.23. The summed E-state index contributed by atoms with van der Waals surface area (Å²) >= 11 is 0. The molecule has 1 saturated heterocycles. The largest absolute Gasteiger partial charge is 0.385 e. The van der Waals surface area contributed by atoms with Gasteiger partial charge in [0.15, 0.2) is 0 Å². The van der Waals surface area contributed by atoms with Gasteiger partial charge in [-0.2, -0.15) is 0 Å². The molecule has 1 aromatic carbocycles. The summed E-state index contributed by atoms with van der Waals surface area (Å²) in [6, 6.07) is 7.04. The van der Waals surface area contributed by atoms with E-state index in [4.69, 9.17) is 4.74 Å². The number of nitrogens with zero attached hydrogens (tertiary/aromatic N) is 2. The smallest absolute Gasteiger partial charge is 0.321 e. The first kappa shape index (κ1) is 18.2. The van der Waals surface area contributed by atoms with Crippen LogP contribution in [0.3, 0.4) is 0 Å². The number of rotatable bonds is 6. The number of carbonyl (C=O) groups is 2. The Morgan fingerprint density at radius 1 is 1.12 bits per heavy atom. The fraction of sp³-hybridized carbons (Fsp3) is 0.529. The van der Waals surface area contributed by atoms with Gasteiger partial charge in [0.1, 0.15) is 0 Å². The highest BCUT2D eigenvalue weighted by Crippen LogP contribution is 2.16. The lowest BCUT2D eigenvalue weighted by Crippen LogP contribution is -2.50. The highest BCUT2D eigenvalue weighted by atomic mass is 16.5. The molecule has 7 heteroatoms. The molecule has 2 rings (SSSR count). The van der Waals surface area contributed by atoms with E-state index >= 15 is 0 Å². The molecular weight excluding hydrogens is 308 g/mol. The Morgan fingerprint density at radius 3 is 2.42 bits per heavy atom. The first-order valence-electron chi connectivity index (χ1n) is 8.23. The van der Waals surface area contributed by atoms with Gasteiger partial charge in [-0.1, -0.05) is 6.07 Å². The van der Waals surface area contributed by atoms with Crippen molar-refractivity contribution in [2.45, 2.75) is 13.3 Å². The van der Waals surface area contributed by atoms with Crippen LogP contribution in [0.5, 0.6) is 0 Å². The van der Waals surface area contributed by atoms with E-state index in [9.17, 15) is 9.59 Å². The predicted octanol–water partition coefficient (Wildman–Crippen LogP) is 1.83. The number of piperazine rings is 1. The van der Waals surface area contributed by atoms with Crippen molar-refractivity contribution < 1.29 is 14.3 Å². The Labute approximate surface area is 142 Å². The van der Waals surface area contributed by atoms with Gasteiger partial charge in [0.2, 0.25) is 5.91 Å². The standard InChI is InChI=1S/C17H26N4O3/c1-14(22)18-15-5-3-6-16(13-15)19-17(23)21-10-8-20(9-11-21)7-4-12-24-2/h3,5-6,13H,4,7-12H2,1-2H3,(H,18,22)(H,19,23). The van der Waals surface area contributed by atoms with Crippen LogP contribution in [0.1, 0.15) is 13.3 Å². The molecule has 0 aromatic heterocycles. The molecule has 1 aromatic rings. The lowest BCUT2D eigenvalue weighted by atomic mass is 10.2. The molecule has 0 radical (unpaired) electrons. The van der Waals surface area contributed by atoms with Gasteiger partial charge in [-0.15, -0.1) is 0 Å². The third-order valence-electron chi connectivity index (χ3n) is 3.92. The molecule has 0 spiro atoms. The Morgan fingerprint density at radius 2 is 1.79 bits per heavy atom. The van der Waals surface area contributed by atoms with Gasteiger partial charge in [-0.3, -0.25) is 9.69 Å². The number of methoxy groups -OCH3 is 1. The number of nitrogens with one attached hydrogen (secondary N) is 2. The van der Waals surface area contributed by atoms with Crippen LogP contribution in [-0.2, 0) is 9.53 Å². The number of ether oxygens (including phenoxy) is 1. The molecule has 3 amide bonds. The number of hydrogen-bond donors (Lipinski definition) is 2. The topological polar surface area (TPSA) is 73.9 Å². The predicted molar refractivity (Wildman–Crippen MR) is 94.3 cm³/mol. The van der Waals surface area contributed by atoms with Gasteiger partial charge < -0.3 is 20.3 Å². The summed E-state index contributed by atoms with van der Waals surface area (Å²) in [7, 11) is 1.71. The molecule has 1 aliphatic heterocycles. The minimum atomic E-state index is -0.136. The Balaban J connectivity index is 1.80. The zero-order chi connectivity index (χ0) is 17.4. The highest BCUT2D eigenvalue weighted by Gasteiger charge is 2.20. The molecule has 0 unspecified atom stereocenters. The summed E-state index contributed by atoms with van der Waals surface area (Å²) < 4.78 is 5.06. The normalized spacial score (nSPS) is 15.2. The van der Waals surface area contributed by atoms with Crippen LogP contribution in [0.4, 0.5) is 16.2 Å². The maximum Gasteiger partial charge on any atom is 0.321 e. The summed E-state index contributed by atoms with van der Waals surface area (Å²) in [5, 5.41) is 5.60. The van der Waals surface area contributed by atoms with E-state index in [2.05, 4.69) is 15.5 Å². The second-order valence-electron chi connectivity index (χ2n) is 5.87. The number of carbonyl (C=O) groups excluding carboxylic acids is 2. The van der Waals surface area contributed by atoms with Crippen molar-refractivity contribution in [3.63, 3.8) is 0 Å². The molecule has 0 aliphatic carbocycles. The lowest BCUT2D eigenvalue weighted by molar-refractivity contribution is -0.114. The molecule has 2 N–H and O–H groups in total. The van der Waals surface area contributed by atoms with Gasteiger partial charge in [0.25, 0.3) is 0 Å². The van der Waals surface area contributed by atoms with Gasteiger partial charge in [-0.25, -0.2) is 4.79 Å². The average Bonchev–Trinajstić information content (AvgIpc) is 2.55. The number of benzene rings is 1. The van der Waals surface area contributed by atoms with Gasteiger partial charge in [0, 0.05) is 64.7 Å². The third-order valence-corrected chi connectivity index (χ3v) is 3.92. The minimum Gasteiger partial charge on any atom is -0.385 e. The summed E-state index contributed by atoms with van der Waals surface area (Å²) in [4.78, 5) is 27.6. The maximum absolute atomic E-state index is 12.4. The SMILES string of the molecule is COCCCN1CCN(C(=O)Nc2cccc(NC(C)=O)c2)CC1. The fourth-order valence-corrected chi connectivity index (χ4v) is 2.69. The van der Waals surface area contributed by atoms with E-state index in [0.717, 1.165) is 32.7 Å². The number of hydrogen-bond acceptors (Lipinski definition) is 4. The molecule has 132 valence electrons. The van der Waals surface area contributed by atoms with Crippen molar-refractivity contribution in [2.75, 3.05) is 57.1 Å². The van der Waals surface area contributed by atoms with Crippen LogP contribution in [0.15, 0.2) is 24.3 Å². The molecule has 24 heavy (non-hydrogen) atoms. The summed E-state index contributed by atoms with van der Waals surface area (Å²) in [6.45, 7) is 6.41. The Bertz CT molecular complexity index is 557. The Hall–Kier alpha value is -2.12. The molecule has 0 atom stereocenters. The van der Waals surface area contributed by atoms with E-state index in [0.29, 0.717) is 24.5 Å². The van der Waals surface area contributed by atoms with Crippen LogP contribution >= 0.6 is 0 Å². The number of anilines is 2. The number of amides is 3. The van der Waals surface area contributed by atoms with Crippen LogP contribution in [-0.4, -0.2) is 68.2 Å². The van der Waals surface area contributed by atoms with E-state index < -0.39 is 0 Å². The van der Waals surface area contributed by atoms with E-state index in [1.54, 1.807) is 25.3 Å². The third kappa shape index (κ3) is 5.82. The van der Waals surface area contributed by atoms with Crippen LogP contribution in [0.25, 0.3) is 0 Å². The molecule has 1 fully saturated rings. The van der Waals surface area contributed by atoms with Crippen molar-refractivity contribution >= 4 is 23.3 Å². The molecular formula is C17H26N4O3. The highest BCUT2D eigenvalue weighted by molar-refractivity contribution is 5.92. The zero-order valence-electron chi connectivity index (χ0n) is 14.4. The van der Waals surface area contributed by atoms with Crippen molar-refractivity contribution in [1.29, 1.82) is 0 Å². The average molecular weight is 334 g/mol. The molecule has 0 bridgehead atoms. The lowest BCUT2D eigenvalue weighted by Gasteiger charge is -2.34. The van der Waals surface area contributed by atoms with Crippen molar-refractivity contribution in [2.24, 2.45) is 0 Å². The van der Waals surface area contributed by atoms with E-state index in [-0.39, 0.29) is 11.9 Å². The molecule has 0 saturated carbocycles. The second-order valence-corrected chi connectivity index (χ2v) is 5.87. The van der Waals surface area contributed by atoms with Crippen molar-refractivity contribution in [1.82, 2.24) is 9.80 Å². The van der Waals surface area contributed by atoms with E-state index in [1.807, 2.05) is 11.0 Å². The zero-order valence-corrected chi connectivity index (χ0v) is 14.4. The van der Waals surface area contributed by atoms with Gasteiger partial charge in [-0.05, 0) is 24.6 Å². The van der Waals surface area contributed by atoms with Gasteiger partial charge in [0.05, 0.1) is 0 Å². The van der Waals surface area contributed by atoms with Gasteiger partial charge >= 0.3 is 6.03 Å². The second kappa shape index (κ2) is 9.24. The quantitative estimate of drug-likeness (QED) is 0.779. The molecule has 1 aliphatic rings. The molecule has 1 heterocycles. The minimum absolute atomic E-state index is 0.105. The number of urea groups is 1. The first-order chi connectivity index (χ1) is 11.6. The van der Waals surface area contributed by atoms with Crippen molar-refractivity contribution in [3.8, 4) is 0 Å². The summed E-state index contributed by atoms with van der Waals surface area (Å²) in [5.74, 6) is -0.136. The van der Waals surface area contributed by atoms with Crippen molar-refractivity contribution in [3.05, 3.63) is 24.3 Å².